The molecule has 5 heteroatoms. The lowest BCUT2D eigenvalue weighted by atomic mass is 10.3. The Morgan fingerprint density at radius 2 is 2.00 bits per heavy atom. The van der Waals surface area contributed by atoms with Gasteiger partial charge in [-0.15, -0.1) is 6.42 Å². The number of esters is 1. The van der Waals surface area contributed by atoms with Crippen molar-refractivity contribution in [3.05, 3.63) is 23.8 Å². The van der Waals surface area contributed by atoms with Gasteiger partial charge in [-0.25, -0.2) is 8.78 Å². The Morgan fingerprint density at radius 3 is 2.47 bits per heavy atom. The molecule has 0 amide bonds. The van der Waals surface area contributed by atoms with Crippen molar-refractivity contribution in [3.8, 4) is 23.8 Å². The third kappa shape index (κ3) is 3.45. The van der Waals surface area contributed by atoms with Crippen LogP contribution in [0.2, 0.25) is 0 Å². The van der Waals surface area contributed by atoms with E-state index in [4.69, 9.17) is 11.2 Å². The summed E-state index contributed by atoms with van der Waals surface area (Å²) < 4.78 is 36.1. The van der Waals surface area contributed by atoms with Gasteiger partial charge < -0.3 is 9.47 Å². The van der Waals surface area contributed by atoms with Crippen LogP contribution < -0.4 is 9.47 Å². The summed E-state index contributed by atoms with van der Waals surface area (Å²) in [5.41, 5.74) is 0. The summed E-state index contributed by atoms with van der Waals surface area (Å²) in [4.78, 5) is 10.9. The maximum absolute atomic E-state index is 13.4. The van der Waals surface area contributed by atoms with E-state index in [9.17, 15) is 13.6 Å². The minimum Gasteiger partial charge on any atom is -0.481 e. The first kappa shape index (κ1) is 13.0. The monoisotopic (exact) mass is 240 g/mol. The van der Waals surface area contributed by atoms with Crippen molar-refractivity contribution >= 4 is 5.97 Å². The first-order valence-electron chi connectivity index (χ1n) is 4.84. The number of benzene rings is 1. The zero-order chi connectivity index (χ0) is 12.8. The van der Waals surface area contributed by atoms with Gasteiger partial charge in [0.25, 0.3) is 0 Å². The minimum absolute atomic E-state index is 0.0220. The smallest absolute Gasteiger partial charge is 0.311 e. The summed E-state index contributed by atoms with van der Waals surface area (Å²) in [7, 11) is 0. The van der Waals surface area contributed by atoms with E-state index < -0.39 is 23.4 Å². The number of ether oxygens (including phenoxy) is 2. The molecule has 0 N–H and O–H groups in total. The Hall–Kier alpha value is -2.09. The van der Waals surface area contributed by atoms with Crippen molar-refractivity contribution in [2.24, 2.45) is 0 Å². The number of terminal acetylenes is 1. The highest BCUT2D eigenvalue weighted by Crippen LogP contribution is 2.27. The lowest BCUT2D eigenvalue weighted by Gasteiger charge is -2.08. The molecule has 0 radical (unpaired) electrons. The van der Waals surface area contributed by atoms with Crippen LogP contribution in [-0.4, -0.2) is 12.6 Å². The molecule has 0 atom stereocenters. The third-order valence-electron chi connectivity index (χ3n) is 1.80. The van der Waals surface area contributed by atoms with Gasteiger partial charge in [0.15, 0.2) is 11.6 Å². The normalized spacial score (nSPS) is 9.53. The highest BCUT2D eigenvalue weighted by molar-refractivity contribution is 5.72. The Morgan fingerprint density at radius 1 is 1.41 bits per heavy atom. The summed E-state index contributed by atoms with van der Waals surface area (Å²) in [6.07, 6.45) is 4.96. The van der Waals surface area contributed by atoms with E-state index in [0.29, 0.717) is 0 Å². The van der Waals surface area contributed by atoms with Crippen LogP contribution in [0, 0.1) is 24.0 Å². The second-order valence-electron chi connectivity index (χ2n) is 3.04. The Kier molecular flexibility index (Phi) is 4.46. The van der Waals surface area contributed by atoms with Crippen LogP contribution in [0.3, 0.4) is 0 Å². The fraction of sp³-hybridized carbons (Fsp3) is 0.250. The molecule has 0 saturated heterocycles. The molecule has 0 aliphatic heterocycles. The predicted molar refractivity (Wildman–Crippen MR) is 56.6 cm³/mol. The van der Waals surface area contributed by atoms with Crippen LogP contribution >= 0.6 is 0 Å². The van der Waals surface area contributed by atoms with Gasteiger partial charge in [-0.1, -0.05) is 12.8 Å². The predicted octanol–water partition coefficient (Wildman–Crippen LogP) is 2.29. The molecule has 1 rings (SSSR count). The molecule has 0 heterocycles. The Balaban J connectivity index is 2.94. The number of carbonyl (C=O) groups excluding carboxylic acids is 1. The SMILES string of the molecule is C#CCOc1cc(F)c(OC(=O)CC)c(F)c1. The molecule has 1 aromatic carbocycles. The van der Waals surface area contributed by atoms with Crippen molar-refractivity contribution in [1.82, 2.24) is 0 Å². The largest absolute Gasteiger partial charge is 0.481 e. The van der Waals surface area contributed by atoms with Crippen molar-refractivity contribution in [2.45, 2.75) is 13.3 Å². The molecule has 17 heavy (non-hydrogen) atoms. The number of hydrogen-bond donors (Lipinski definition) is 0. The fourth-order valence-corrected chi connectivity index (χ4v) is 1.03. The zero-order valence-electron chi connectivity index (χ0n) is 9.13. The molecule has 0 aromatic heterocycles. The molecular formula is C12H10F2O3. The molecule has 0 spiro atoms. The van der Waals surface area contributed by atoms with Crippen LogP contribution in [0.1, 0.15) is 13.3 Å². The van der Waals surface area contributed by atoms with Gasteiger partial charge in [-0.3, -0.25) is 4.79 Å². The summed E-state index contributed by atoms with van der Waals surface area (Å²) in [5, 5.41) is 0. The lowest BCUT2D eigenvalue weighted by molar-refractivity contribution is -0.134. The molecule has 0 bridgehead atoms. The molecule has 3 nitrogen and oxygen atoms in total. The van der Waals surface area contributed by atoms with Gasteiger partial charge in [-0.05, 0) is 0 Å². The molecule has 0 aliphatic carbocycles. The number of halogens is 2. The maximum Gasteiger partial charge on any atom is 0.311 e. The van der Waals surface area contributed by atoms with E-state index in [1.807, 2.05) is 0 Å². The van der Waals surface area contributed by atoms with Crippen LogP contribution in [0.4, 0.5) is 8.78 Å². The van der Waals surface area contributed by atoms with Gasteiger partial charge in [0.05, 0.1) is 0 Å². The minimum atomic E-state index is -1.01. The van der Waals surface area contributed by atoms with E-state index in [1.165, 1.54) is 6.92 Å². The average Bonchev–Trinajstić information content (AvgIpc) is 2.30. The van der Waals surface area contributed by atoms with Gasteiger partial charge >= 0.3 is 5.97 Å². The Bertz CT molecular complexity index is 440. The van der Waals surface area contributed by atoms with E-state index >= 15 is 0 Å². The van der Waals surface area contributed by atoms with Gasteiger partial charge in [0, 0.05) is 18.6 Å². The molecule has 0 fully saturated rings. The second-order valence-corrected chi connectivity index (χ2v) is 3.04. The average molecular weight is 240 g/mol. The van der Waals surface area contributed by atoms with Crippen LogP contribution in [0.25, 0.3) is 0 Å². The van der Waals surface area contributed by atoms with Crippen molar-refractivity contribution in [1.29, 1.82) is 0 Å². The number of carbonyl (C=O) groups is 1. The third-order valence-corrected chi connectivity index (χ3v) is 1.80. The van der Waals surface area contributed by atoms with Gasteiger partial charge in [0.2, 0.25) is 5.75 Å². The highest BCUT2D eigenvalue weighted by Gasteiger charge is 2.16. The standard InChI is InChI=1S/C12H10F2O3/c1-3-5-16-8-6-9(13)12(10(14)7-8)17-11(15)4-2/h1,6-7H,4-5H2,2H3. The van der Waals surface area contributed by atoms with Crippen LogP contribution in [-0.2, 0) is 4.79 Å². The van der Waals surface area contributed by atoms with E-state index in [0.717, 1.165) is 12.1 Å². The van der Waals surface area contributed by atoms with Gasteiger partial charge in [0.1, 0.15) is 12.4 Å². The van der Waals surface area contributed by atoms with Crippen LogP contribution in [0.5, 0.6) is 11.5 Å². The maximum atomic E-state index is 13.4. The first-order chi connectivity index (χ1) is 8.08. The number of rotatable bonds is 4. The second kappa shape index (κ2) is 5.85. The summed E-state index contributed by atoms with van der Waals surface area (Å²) >= 11 is 0. The highest BCUT2D eigenvalue weighted by atomic mass is 19.1. The van der Waals surface area contributed by atoms with Crippen molar-refractivity contribution < 1.29 is 23.0 Å². The molecule has 0 saturated carbocycles. The van der Waals surface area contributed by atoms with Crippen molar-refractivity contribution in [2.75, 3.05) is 6.61 Å². The summed E-state index contributed by atoms with van der Waals surface area (Å²) in [5.74, 6) is -1.39. The van der Waals surface area contributed by atoms with E-state index in [1.54, 1.807) is 0 Å². The van der Waals surface area contributed by atoms with E-state index in [2.05, 4.69) is 10.7 Å². The Labute approximate surface area is 97.3 Å². The zero-order valence-corrected chi connectivity index (χ0v) is 9.13. The van der Waals surface area contributed by atoms with E-state index in [-0.39, 0.29) is 18.8 Å². The summed E-state index contributed by atoms with van der Waals surface area (Å²) in [6.45, 7) is 1.41. The van der Waals surface area contributed by atoms with Crippen molar-refractivity contribution in [3.63, 3.8) is 0 Å². The molecule has 0 unspecified atom stereocenters. The molecule has 0 aliphatic rings. The first-order valence-corrected chi connectivity index (χ1v) is 4.84. The fourth-order valence-electron chi connectivity index (χ4n) is 1.03. The topological polar surface area (TPSA) is 35.5 Å². The lowest BCUT2D eigenvalue weighted by Crippen LogP contribution is -2.09. The van der Waals surface area contributed by atoms with Gasteiger partial charge in [-0.2, -0.15) is 0 Å². The molecular weight excluding hydrogens is 230 g/mol. The summed E-state index contributed by atoms with van der Waals surface area (Å²) in [6, 6.07) is 1.80. The van der Waals surface area contributed by atoms with Crippen LogP contribution in [0.15, 0.2) is 12.1 Å². The molecule has 90 valence electrons. The molecule has 1 aromatic rings. The number of hydrogen-bond acceptors (Lipinski definition) is 3. The quantitative estimate of drug-likeness (QED) is 0.460.